The van der Waals surface area contributed by atoms with Gasteiger partial charge in [-0.2, -0.15) is 0 Å². The molecule has 0 heterocycles. The lowest BCUT2D eigenvalue weighted by Gasteiger charge is -2.22. The maximum atomic E-state index is 14.3. The zero-order chi connectivity index (χ0) is 15.2. The van der Waals surface area contributed by atoms with Crippen LogP contribution < -0.4 is 10.1 Å². The van der Waals surface area contributed by atoms with Gasteiger partial charge in [0.1, 0.15) is 11.6 Å². The summed E-state index contributed by atoms with van der Waals surface area (Å²) in [5, 5.41) is 3.36. The summed E-state index contributed by atoms with van der Waals surface area (Å²) in [6.45, 7) is 7.28. The van der Waals surface area contributed by atoms with Gasteiger partial charge in [0, 0.05) is 11.1 Å². The van der Waals surface area contributed by atoms with Crippen LogP contribution in [0, 0.1) is 12.7 Å². The van der Waals surface area contributed by atoms with Crippen LogP contribution in [0.4, 0.5) is 4.39 Å². The highest BCUT2D eigenvalue weighted by Gasteiger charge is 2.20. The summed E-state index contributed by atoms with van der Waals surface area (Å²) in [5.74, 6) is 0.602. The van der Waals surface area contributed by atoms with Gasteiger partial charge >= 0.3 is 0 Å². The highest BCUT2D eigenvalue weighted by atomic mass is 19.1. The first-order valence-electron chi connectivity index (χ1n) is 7.38. The van der Waals surface area contributed by atoms with Crippen LogP contribution in [-0.4, -0.2) is 13.2 Å². The van der Waals surface area contributed by atoms with Gasteiger partial charge in [-0.1, -0.05) is 42.8 Å². The predicted molar refractivity (Wildman–Crippen MR) is 84.3 cm³/mol. The Labute approximate surface area is 126 Å². The van der Waals surface area contributed by atoms with Crippen molar-refractivity contribution in [3.8, 4) is 5.75 Å². The third-order valence-electron chi connectivity index (χ3n) is 3.40. The summed E-state index contributed by atoms with van der Waals surface area (Å²) in [6.07, 6.45) is 0. The molecule has 112 valence electrons. The van der Waals surface area contributed by atoms with Crippen LogP contribution in [0.2, 0.25) is 0 Å². The summed E-state index contributed by atoms with van der Waals surface area (Å²) >= 11 is 0. The molecule has 0 aromatic heterocycles. The molecule has 0 saturated carbocycles. The van der Waals surface area contributed by atoms with Gasteiger partial charge in [-0.3, -0.25) is 0 Å². The molecule has 2 aromatic carbocycles. The Morgan fingerprint density at radius 3 is 2.57 bits per heavy atom. The molecule has 0 bridgehead atoms. The average molecular weight is 287 g/mol. The van der Waals surface area contributed by atoms with Crippen LogP contribution in [0.1, 0.15) is 36.6 Å². The molecule has 0 aliphatic rings. The molecule has 1 unspecified atom stereocenters. The van der Waals surface area contributed by atoms with Crippen molar-refractivity contribution in [2.75, 3.05) is 13.2 Å². The molecular formula is C18H22FNO. The summed E-state index contributed by atoms with van der Waals surface area (Å²) in [6, 6.07) is 12.8. The molecule has 0 saturated heterocycles. The second-order valence-electron chi connectivity index (χ2n) is 4.99. The Bertz CT molecular complexity index is 598. The standard InChI is InChI=1S/C18H22FNO/c1-4-20-18(15-12-13(3)10-11-16(15)19)14-8-6-7-9-17(14)21-5-2/h6-12,18,20H,4-5H2,1-3H3. The van der Waals surface area contributed by atoms with Crippen molar-refractivity contribution < 1.29 is 9.13 Å². The molecule has 2 rings (SSSR count). The van der Waals surface area contributed by atoms with Crippen molar-refractivity contribution in [1.29, 1.82) is 0 Å². The van der Waals surface area contributed by atoms with Gasteiger partial charge in [0.05, 0.1) is 12.6 Å². The zero-order valence-electron chi connectivity index (χ0n) is 12.8. The number of hydrogen-bond donors (Lipinski definition) is 1. The third-order valence-corrected chi connectivity index (χ3v) is 3.40. The molecule has 1 N–H and O–H groups in total. The topological polar surface area (TPSA) is 21.3 Å². The summed E-state index contributed by atoms with van der Waals surface area (Å²) in [7, 11) is 0. The van der Waals surface area contributed by atoms with E-state index >= 15 is 0 Å². The van der Waals surface area contributed by atoms with E-state index in [9.17, 15) is 4.39 Å². The van der Waals surface area contributed by atoms with E-state index in [1.54, 1.807) is 6.07 Å². The number of aryl methyl sites for hydroxylation is 1. The second kappa shape index (κ2) is 7.23. The molecule has 21 heavy (non-hydrogen) atoms. The van der Waals surface area contributed by atoms with Gasteiger partial charge in [-0.15, -0.1) is 0 Å². The molecule has 1 atom stereocenters. The Hall–Kier alpha value is -1.87. The molecule has 0 aliphatic carbocycles. The number of para-hydroxylation sites is 1. The Kier molecular flexibility index (Phi) is 5.34. The number of hydrogen-bond acceptors (Lipinski definition) is 2. The molecular weight excluding hydrogens is 265 g/mol. The van der Waals surface area contributed by atoms with Gasteiger partial charge in [-0.05, 0) is 32.5 Å². The van der Waals surface area contributed by atoms with Crippen molar-refractivity contribution in [2.45, 2.75) is 26.8 Å². The highest BCUT2D eigenvalue weighted by molar-refractivity contribution is 5.42. The minimum Gasteiger partial charge on any atom is -0.494 e. The molecule has 0 amide bonds. The van der Waals surface area contributed by atoms with Crippen LogP contribution in [0.25, 0.3) is 0 Å². The molecule has 2 aromatic rings. The van der Waals surface area contributed by atoms with Gasteiger partial charge in [0.25, 0.3) is 0 Å². The maximum absolute atomic E-state index is 14.3. The number of nitrogens with one attached hydrogen (secondary N) is 1. The zero-order valence-corrected chi connectivity index (χ0v) is 12.8. The van der Waals surface area contributed by atoms with Crippen LogP contribution >= 0.6 is 0 Å². The van der Waals surface area contributed by atoms with Gasteiger partial charge in [0.15, 0.2) is 0 Å². The van der Waals surface area contributed by atoms with E-state index in [1.807, 2.05) is 51.1 Å². The molecule has 0 aliphatic heterocycles. The van der Waals surface area contributed by atoms with Crippen molar-refractivity contribution in [3.05, 3.63) is 65.0 Å². The van der Waals surface area contributed by atoms with Crippen LogP contribution in [0.15, 0.2) is 42.5 Å². The number of rotatable bonds is 6. The SMILES string of the molecule is CCNC(c1cc(C)ccc1F)c1ccccc1OCC. The van der Waals surface area contributed by atoms with Crippen molar-refractivity contribution in [3.63, 3.8) is 0 Å². The lowest BCUT2D eigenvalue weighted by atomic mass is 9.96. The Balaban J connectivity index is 2.50. The maximum Gasteiger partial charge on any atom is 0.128 e. The van der Waals surface area contributed by atoms with E-state index < -0.39 is 0 Å². The highest BCUT2D eigenvalue weighted by Crippen LogP contribution is 2.31. The smallest absolute Gasteiger partial charge is 0.128 e. The van der Waals surface area contributed by atoms with Gasteiger partial charge in [-0.25, -0.2) is 4.39 Å². The van der Waals surface area contributed by atoms with E-state index in [0.29, 0.717) is 12.2 Å². The fourth-order valence-electron chi connectivity index (χ4n) is 2.48. The first-order valence-corrected chi connectivity index (χ1v) is 7.38. The van der Waals surface area contributed by atoms with E-state index in [1.165, 1.54) is 6.07 Å². The Morgan fingerprint density at radius 2 is 1.86 bits per heavy atom. The number of ether oxygens (including phenoxy) is 1. The molecule has 0 spiro atoms. The quantitative estimate of drug-likeness (QED) is 0.858. The fraction of sp³-hybridized carbons (Fsp3) is 0.333. The second-order valence-corrected chi connectivity index (χ2v) is 4.99. The van der Waals surface area contributed by atoms with E-state index in [2.05, 4.69) is 5.32 Å². The fourth-order valence-corrected chi connectivity index (χ4v) is 2.48. The third kappa shape index (κ3) is 3.61. The van der Waals surface area contributed by atoms with Crippen LogP contribution in [0.5, 0.6) is 5.75 Å². The van der Waals surface area contributed by atoms with E-state index in [0.717, 1.165) is 23.4 Å². The number of benzene rings is 2. The van der Waals surface area contributed by atoms with Gasteiger partial charge in [0.2, 0.25) is 0 Å². The minimum atomic E-state index is -0.211. The largest absolute Gasteiger partial charge is 0.494 e. The minimum absolute atomic E-state index is 0.196. The lowest BCUT2D eigenvalue weighted by Crippen LogP contribution is -2.23. The molecule has 0 fully saturated rings. The lowest BCUT2D eigenvalue weighted by molar-refractivity contribution is 0.333. The molecule has 2 nitrogen and oxygen atoms in total. The summed E-state index contributed by atoms with van der Waals surface area (Å²) in [5.41, 5.74) is 2.66. The normalized spacial score (nSPS) is 12.2. The van der Waals surface area contributed by atoms with E-state index in [-0.39, 0.29) is 11.9 Å². The summed E-state index contributed by atoms with van der Waals surface area (Å²) in [4.78, 5) is 0. The van der Waals surface area contributed by atoms with Crippen LogP contribution in [-0.2, 0) is 0 Å². The monoisotopic (exact) mass is 287 g/mol. The van der Waals surface area contributed by atoms with E-state index in [4.69, 9.17) is 4.74 Å². The van der Waals surface area contributed by atoms with Crippen molar-refractivity contribution in [1.82, 2.24) is 5.32 Å². The van der Waals surface area contributed by atoms with Gasteiger partial charge < -0.3 is 10.1 Å². The van der Waals surface area contributed by atoms with Crippen molar-refractivity contribution in [2.24, 2.45) is 0 Å². The predicted octanol–water partition coefficient (Wildman–Crippen LogP) is 4.23. The van der Waals surface area contributed by atoms with Crippen LogP contribution in [0.3, 0.4) is 0 Å². The first-order chi connectivity index (χ1) is 10.2. The Morgan fingerprint density at radius 1 is 1.10 bits per heavy atom. The first kappa shape index (κ1) is 15.5. The molecule has 0 radical (unpaired) electrons. The number of halogens is 1. The average Bonchev–Trinajstić information content (AvgIpc) is 2.49. The van der Waals surface area contributed by atoms with Crippen molar-refractivity contribution >= 4 is 0 Å². The molecule has 3 heteroatoms. The summed E-state index contributed by atoms with van der Waals surface area (Å²) < 4.78 is 20.0.